The second-order valence-electron chi connectivity index (χ2n) is 7.89. The van der Waals surface area contributed by atoms with Gasteiger partial charge in [-0.05, 0) is 59.7 Å². The van der Waals surface area contributed by atoms with Gasteiger partial charge >= 0.3 is 0 Å². The number of ether oxygens (including phenoxy) is 4. The third-order valence-electron chi connectivity index (χ3n) is 5.37. The Morgan fingerprint density at radius 2 is 1.70 bits per heavy atom. The molecule has 0 N–H and O–H groups in total. The lowest BCUT2D eigenvalue weighted by atomic mass is 10.00. The molecule has 174 valence electrons. The van der Waals surface area contributed by atoms with E-state index >= 15 is 0 Å². The number of carbonyl (C=O) groups excluding carboxylic acids is 1. The molecule has 33 heavy (non-hydrogen) atoms. The molecule has 10 heteroatoms. The third-order valence-corrected chi connectivity index (χ3v) is 5.37. The molecule has 4 rings (SSSR count). The number of hydrogen-bond acceptors (Lipinski definition) is 8. The lowest BCUT2D eigenvalue weighted by molar-refractivity contribution is -0.136. The van der Waals surface area contributed by atoms with Crippen LogP contribution >= 0.6 is 0 Å². The number of nitrogens with zero attached hydrogens (tertiary/aromatic N) is 5. The van der Waals surface area contributed by atoms with Crippen molar-refractivity contribution in [3.63, 3.8) is 0 Å². The van der Waals surface area contributed by atoms with Gasteiger partial charge in [-0.2, -0.15) is 0 Å². The fraction of sp³-hybridized carbons (Fsp3) is 0.391. The minimum atomic E-state index is -0.540. The zero-order valence-electron chi connectivity index (χ0n) is 19.3. The number of amides is 1. The first-order chi connectivity index (χ1) is 15.9. The number of tetrazole rings is 1. The summed E-state index contributed by atoms with van der Waals surface area (Å²) in [6.07, 6.45) is 0.0859. The normalized spacial score (nSPS) is 15.4. The number of methoxy groups -OCH3 is 3. The summed E-state index contributed by atoms with van der Waals surface area (Å²) >= 11 is 0. The Kier molecular flexibility index (Phi) is 6.34. The van der Waals surface area contributed by atoms with Crippen LogP contribution in [0.25, 0.3) is 0 Å². The summed E-state index contributed by atoms with van der Waals surface area (Å²) in [4.78, 5) is 14.9. The monoisotopic (exact) mass is 453 g/mol. The van der Waals surface area contributed by atoms with Gasteiger partial charge in [0.1, 0.15) is 18.3 Å². The Balaban J connectivity index is 1.75. The molecule has 3 aromatic rings. The second-order valence-corrected chi connectivity index (χ2v) is 7.89. The zero-order valence-corrected chi connectivity index (χ0v) is 19.3. The number of benzene rings is 2. The predicted molar refractivity (Wildman–Crippen MR) is 119 cm³/mol. The molecule has 1 aromatic heterocycles. The summed E-state index contributed by atoms with van der Waals surface area (Å²) in [6.45, 7) is 4.39. The lowest BCUT2D eigenvalue weighted by Crippen LogP contribution is -2.43. The lowest BCUT2D eigenvalue weighted by Gasteiger charge is -2.35. The molecule has 0 spiro atoms. The average molecular weight is 453 g/mol. The molecule has 10 nitrogen and oxygen atoms in total. The Labute approximate surface area is 192 Å². The highest BCUT2D eigenvalue weighted by Crippen LogP contribution is 2.43. The van der Waals surface area contributed by atoms with Gasteiger partial charge in [0.05, 0.1) is 27.4 Å². The van der Waals surface area contributed by atoms with E-state index in [2.05, 4.69) is 15.5 Å². The topological polar surface area (TPSA) is 101 Å². The van der Waals surface area contributed by atoms with Crippen LogP contribution < -0.4 is 18.9 Å². The van der Waals surface area contributed by atoms with E-state index in [1.165, 1.54) is 4.68 Å². The molecule has 2 heterocycles. The number of fused-ring (bicyclic) bond motifs is 1. The summed E-state index contributed by atoms with van der Waals surface area (Å²) in [5.41, 5.74) is 1.70. The van der Waals surface area contributed by atoms with Crippen molar-refractivity contribution in [1.29, 1.82) is 0 Å². The Bertz CT molecular complexity index is 1100. The quantitative estimate of drug-likeness (QED) is 0.513. The molecule has 0 radical (unpaired) electrons. The number of aromatic nitrogens is 4. The standard InChI is InChI=1S/C23H27N5O5/c1-14(2)33-17-8-6-15(7-9-17)12-27-20(29)13-28-23(24-25-26-28)21(27)16-10-18(30-3)22(32-5)19(11-16)31-4/h6-11,14,21H,12-13H2,1-5H3/t21-/m0/s1. The van der Waals surface area contributed by atoms with Crippen LogP contribution in [-0.4, -0.2) is 58.4 Å². The largest absolute Gasteiger partial charge is 0.493 e. The van der Waals surface area contributed by atoms with Crippen LogP contribution in [0.5, 0.6) is 23.0 Å². The summed E-state index contributed by atoms with van der Waals surface area (Å²) in [5, 5.41) is 12.0. The van der Waals surface area contributed by atoms with Crippen LogP contribution in [0.1, 0.15) is 36.8 Å². The molecule has 1 aliphatic heterocycles. The van der Waals surface area contributed by atoms with Gasteiger partial charge in [0.15, 0.2) is 17.3 Å². The minimum Gasteiger partial charge on any atom is -0.493 e. The molecule has 0 saturated carbocycles. The van der Waals surface area contributed by atoms with Crippen LogP contribution in [0.2, 0.25) is 0 Å². The van der Waals surface area contributed by atoms with Crippen molar-refractivity contribution >= 4 is 5.91 Å². The average Bonchev–Trinajstić information content (AvgIpc) is 3.27. The van der Waals surface area contributed by atoms with Crippen LogP contribution in [0.15, 0.2) is 36.4 Å². The second kappa shape index (κ2) is 9.35. The molecule has 2 aromatic carbocycles. The van der Waals surface area contributed by atoms with E-state index < -0.39 is 6.04 Å². The smallest absolute Gasteiger partial charge is 0.245 e. The molecule has 1 amide bonds. The Morgan fingerprint density at radius 3 is 2.27 bits per heavy atom. The highest BCUT2D eigenvalue weighted by molar-refractivity contribution is 5.78. The van der Waals surface area contributed by atoms with Gasteiger partial charge in [-0.1, -0.05) is 12.1 Å². The first-order valence-corrected chi connectivity index (χ1v) is 10.6. The molecule has 0 saturated heterocycles. The maximum atomic E-state index is 13.2. The fourth-order valence-corrected chi connectivity index (χ4v) is 3.93. The molecular weight excluding hydrogens is 426 g/mol. The van der Waals surface area contributed by atoms with Crippen molar-refractivity contribution in [2.75, 3.05) is 21.3 Å². The van der Waals surface area contributed by atoms with E-state index in [1.807, 2.05) is 50.2 Å². The number of hydrogen-bond donors (Lipinski definition) is 0. The van der Waals surface area contributed by atoms with Gasteiger partial charge in [-0.15, -0.1) is 5.10 Å². The van der Waals surface area contributed by atoms with Gasteiger partial charge < -0.3 is 23.8 Å². The number of carbonyl (C=O) groups is 1. The molecule has 1 aliphatic rings. The van der Waals surface area contributed by atoms with Crippen LogP contribution in [0.3, 0.4) is 0 Å². The molecule has 0 aliphatic carbocycles. The van der Waals surface area contributed by atoms with Crippen molar-refractivity contribution in [2.24, 2.45) is 0 Å². The summed E-state index contributed by atoms with van der Waals surface area (Å²) in [5.74, 6) is 2.68. The van der Waals surface area contributed by atoms with Crippen molar-refractivity contribution in [3.05, 3.63) is 53.3 Å². The SMILES string of the molecule is COc1cc([C@H]2c3nnnn3CC(=O)N2Cc2ccc(OC(C)C)cc2)cc(OC)c1OC. The summed E-state index contributed by atoms with van der Waals surface area (Å²) < 4.78 is 23.7. The maximum absolute atomic E-state index is 13.2. The van der Waals surface area contributed by atoms with E-state index in [4.69, 9.17) is 18.9 Å². The Hall–Kier alpha value is -3.82. The van der Waals surface area contributed by atoms with E-state index in [9.17, 15) is 4.79 Å². The summed E-state index contributed by atoms with van der Waals surface area (Å²) in [6, 6.07) is 10.8. The molecule has 0 unspecified atom stereocenters. The predicted octanol–water partition coefficient (Wildman–Crippen LogP) is 2.62. The highest BCUT2D eigenvalue weighted by atomic mass is 16.5. The van der Waals surface area contributed by atoms with E-state index in [0.29, 0.717) is 29.6 Å². The summed E-state index contributed by atoms with van der Waals surface area (Å²) in [7, 11) is 4.65. The van der Waals surface area contributed by atoms with Crippen LogP contribution in [-0.2, 0) is 17.9 Å². The molecule has 1 atom stereocenters. The maximum Gasteiger partial charge on any atom is 0.245 e. The van der Waals surface area contributed by atoms with Crippen molar-refractivity contribution in [2.45, 2.75) is 39.1 Å². The van der Waals surface area contributed by atoms with E-state index in [-0.39, 0.29) is 18.6 Å². The highest BCUT2D eigenvalue weighted by Gasteiger charge is 2.37. The minimum absolute atomic E-state index is 0.0673. The van der Waals surface area contributed by atoms with Gasteiger partial charge in [0.25, 0.3) is 0 Å². The molecular formula is C23H27N5O5. The number of rotatable bonds is 8. The van der Waals surface area contributed by atoms with E-state index in [1.54, 1.807) is 26.2 Å². The van der Waals surface area contributed by atoms with Crippen LogP contribution in [0.4, 0.5) is 0 Å². The van der Waals surface area contributed by atoms with Crippen molar-refractivity contribution < 1.29 is 23.7 Å². The van der Waals surface area contributed by atoms with Gasteiger partial charge in [-0.3, -0.25) is 4.79 Å². The van der Waals surface area contributed by atoms with Crippen molar-refractivity contribution in [1.82, 2.24) is 25.1 Å². The zero-order chi connectivity index (χ0) is 23.5. The fourth-order valence-electron chi connectivity index (χ4n) is 3.93. The Morgan fingerprint density at radius 1 is 1.03 bits per heavy atom. The van der Waals surface area contributed by atoms with Crippen molar-refractivity contribution in [3.8, 4) is 23.0 Å². The van der Waals surface area contributed by atoms with E-state index in [0.717, 1.165) is 16.9 Å². The first-order valence-electron chi connectivity index (χ1n) is 10.6. The van der Waals surface area contributed by atoms with Gasteiger partial charge in [0.2, 0.25) is 11.7 Å². The first kappa shape index (κ1) is 22.4. The van der Waals surface area contributed by atoms with Crippen LogP contribution in [0, 0.1) is 0 Å². The van der Waals surface area contributed by atoms with Gasteiger partial charge in [-0.25, -0.2) is 4.68 Å². The molecule has 0 bridgehead atoms. The molecule has 0 fully saturated rings. The van der Waals surface area contributed by atoms with Gasteiger partial charge in [0, 0.05) is 6.54 Å². The third kappa shape index (κ3) is 4.41.